The maximum atomic E-state index is 12.1. The lowest BCUT2D eigenvalue weighted by Gasteiger charge is -2.20. The molecule has 1 aromatic carbocycles. The monoisotopic (exact) mass is 273 g/mol. The van der Waals surface area contributed by atoms with Crippen molar-refractivity contribution < 1.29 is 4.79 Å². The molecule has 20 heavy (non-hydrogen) atoms. The summed E-state index contributed by atoms with van der Waals surface area (Å²) in [5.41, 5.74) is 1.39. The summed E-state index contributed by atoms with van der Waals surface area (Å²) >= 11 is 0. The van der Waals surface area contributed by atoms with E-state index in [-0.39, 0.29) is 11.9 Å². The van der Waals surface area contributed by atoms with Crippen molar-refractivity contribution in [2.24, 2.45) is 0 Å². The number of aromatic amines is 1. The van der Waals surface area contributed by atoms with E-state index in [2.05, 4.69) is 25.6 Å². The second kappa shape index (κ2) is 6.81. The number of H-pyrrole nitrogens is 1. The lowest BCUT2D eigenvalue weighted by molar-refractivity contribution is 0.0927. The molecule has 0 fully saturated rings. The Morgan fingerprint density at radius 3 is 2.70 bits per heavy atom. The Labute approximate surface area is 118 Å². The van der Waals surface area contributed by atoms with Crippen molar-refractivity contribution in [1.82, 2.24) is 25.6 Å². The van der Waals surface area contributed by atoms with Crippen molar-refractivity contribution in [3.05, 3.63) is 47.8 Å². The van der Waals surface area contributed by atoms with Crippen molar-refractivity contribution >= 4 is 5.91 Å². The largest absolute Gasteiger partial charge is 0.344 e. The summed E-state index contributed by atoms with van der Waals surface area (Å²) in [6, 6.07) is 9.90. The summed E-state index contributed by atoms with van der Waals surface area (Å²) in [4.78, 5) is 14.2. The molecule has 1 aromatic heterocycles. The van der Waals surface area contributed by atoms with Gasteiger partial charge in [0.05, 0.1) is 12.2 Å². The number of hydrogen-bond donors (Lipinski definition) is 2. The van der Waals surface area contributed by atoms with Crippen LogP contribution < -0.4 is 5.32 Å². The smallest absolute Gasteiger partial charge is 0.273 e. The fourth-order valence-corrected chi connectivity index (χ4v) is 1.94. The molecule has 2 aromatic rings. The predicted molar refractivity (Wildman–Crippen MR) is 76.2 cm³/mol. The molecule has 0 aliphatic carbocycles. The van der Waals surface area contributed by atoms with Crippen molar-refractivity contribution in [1.29, 1.82) is 0 Å². The number of benzene rings is 1. The summed E-state index contributed by atoms with van der Waals surface area (Å²) in [6.45, 7) is 0.888. The molecular formula is C14H19N5O. The van der Waals surface area contributed by atoms with Crippen molar-refractivity contribution in [3.63, 3.8) is 0 Å². The van der Waals surface area contributed by atoms with Crippen LogP contribution in [0.15, 0.2) is 36.5 Å². The Morgan fingerprint density at radius 1 is 1.35 bits per heavy atom. The van der Waals surface area contributed by atoms with Gasteiger partial charge in [0.2, 0.25) is 0 Å². The standard InChI is InChI=1S/C14H19N5O/c1-19(2)9-8-12(11-6-4-3-5-7-11)16-14(20)13-10-15-18-17-13/h3-7,10,12H,8-9H2,1-2H3,(H,16,20)(H,15,17,18)/t12-/m1/s1. The number of carbonyl (C=O) groups excluding carboxylic acids is 1. The first-order valence-electron chi connectivity index (χ1n) is 6.53. The van der Waals surface area contributed by atoms with Gasteiger partial charge in [-0.3, -0.25) is 4.79 Å². The van der Waals surface area contributed by atoms with Crippen LogP contribution in [0.1, 0.15) is 28.5 Å². The highest BCUT2D eigenvalue weighted by Crippen LogP contribution is 2.17. The van der Waals surface area contributed by atoms with Crippen molar-refractivity contribution in [2.45, 2.75) is 12.5 Å². The van der Waals surface area contributed by atoms with Crippen LogP contribution in [0.3, 0.4) is 0 Å². The SMILES string of the molecule is CN(C)CC[C@@H](NC(=O)c1cn[nH]n1)c1ccccc1. The highest BCUT2D eigenvalue weighted by atomic mass is 16.2. The van der Waals surface area contributed by atoms with Crippen molar-refractivity contribution in [2.75, 3.05) is 20.6 Å². The maximum Gasteiger partial charge on any atom is 0.273 e. The summed E-state index contributed by atoms with van der Waals surface area (Å²) in [6.07, 6.45) is 2.25. The van der Waals surface area contributed by atoms with E-state index >= 15 is 0 Å². The first-order chi connectivity index (χ1) is 9.66. The first-order valence-corrected chi connectivity index (χ1v) is 6.53. The van der Waals surface area contributed by atoms with Gasteiger partial charge in [0.25, 0.3) is 5.91 Å². The van der Waals surface area contributed by atoms with Gasteiger partial charge in [-0.25, -0.2) is 0 Å². The molecule has 6 nitrogen and oxygen atoms in total. The first kappa shape index (κ1) is 14.2. The van der Waals surface area contributed by atoms with E-state index in [4.69, 9.17) is 0 Å². The topological polar surface area (TPSA) is 73.9 Å². The van der Waals surface area contributed by atoms with Crippen LogP contribution in [0.5, 0.6) is 0 Å². The van der Waals surface area contributed by atoms with Gasteiger partial charge in [-0.1, -0.05) is 30.3 Å². The molecule has 0 saturated carbocycles. The number of amides is 1. The zero-order valence-electron chi connectivity index (χ0n) is 11.7. The van der Waals surface area contributed by atoms with E-state index in [0.717, 1.165) is 18.5 Å². The summed E-state index contributed by atoms with van der Waals surface area (Å²) in [5, 5.41) is 12.9. The molecule has 0 saturated heterocycles. The zero-order valence-corrected chi connectivity index (χ0v) is 11.7. The minimum Gasteiger partial charge on any atom is -0.344 e. The van der Waals surface area contributed by atoms with E-state index in [1.165, 1.54) is 6.20 Å². The Balaban J connectivity index is 2.08. The number of carbonyl (C=O) groups is 1. The lowest BCUT2D eigenvalue weighted by atomic mass is 10.0. The minimum atomic E-state index is -0.216. The average molecular weight is 273 g/mol. The lowest BCUT2D eigenvalue weighted by Crippen LogP contribution is -2.31. The van der Waals surface area contributed by atoms with Crippen LogP contribution in [-0.4, -0.2) is 46.9 Å². The molecule has 1 heterocycles. The van der Waals surface area contributed by atoms with Crippen LogP contribution in [-0.2, 0) is 0 Å². The minimum absolute atomic E-state index is 0.0391. The van der Waals surface area contributed by atoms with Gasteiger partial charge in [0.15, 0.2) is 5.69 Å². The molecule has 0 spiro atoms. The number of rotatable bonds is 6. The molecule has 0 aliphatic rings. The highest BCUT2D eigenvalue weighted by molar-refractivity contribution is 5.92. The van der Waals surface area contributed by atoms with Gasteiger partial charge in [0, 0.05) is 0 Å². The molecule has 1 amide bonds. The molecule has 106 valence electrons. The van der Waals surface area contributed by atoms with Gasteiger partial charge in [-0.05, 0) is 32.6 Å². The fraction of sp³-hybridized carbons (Fsp3) is 0.357. The van der Waals surface area contributed by atoms with E-state index in [1.807, 2.05) is 44.4 Å². The molecule has 0 bridgehead atoms. The second-order valence-electron chi connectivity index (χ2n) is 4.88. The fourth-order valence-electron chi connectivity index (χ4n) is 1.94. The molecule has 0 unspecified atom stereocenters. The third-order valence-electron chi connectivity index (χ3n) is 3.02. The van der Waals surface area contributed by atoms with E-state index < -0.39 is 0 Å². The summed E-state index contributed by atoms with van der Waals surface area (Å²) in [7, 11) is 4.03. The number of nitrogens with one attached hydrogen (secondary N) is 2. The summed E-state index contributed by atoms with van der Waals surface area (Å²) in [5.74, 6) is -0.216. The number of hydrogen-bond acceptors (Lipinski definition) is 4. The molecule has 6 heteroatoms. The van der Waals surface area contributed by atoms with Crippen LogP contribution in [0.4, 0.5) is 0 Å². The second-order valence-corrected chi connectivity index (χ2v) is 4.88. The predicted octanol–water partition coefficient (Wildman–Crippen LogP) is 1.23. The van der Waals surface area contributed by atoms with Crippen LogP contribution >= 0.6 is 0 Å². The Hall–Kier alpha value is -2.21. The normalized spacial score (nSPS) is 12.3. The van der Waals surface area contributed by atoms with E-state index in [9.17, 15) is 4.79 Å². The molecular weight excluding hydrogens is 254 g/mol. The molecule has 2 rings (SSSR count). The maximum absolute atomic E-state index is 12.1. The number of nitrogens with zero attached hydrogens (tertiary/aromatic N) is 3. The third-order valence-corrected chi connectivity index (χ3v) is 3.02. The van der Waals surface area contributed by atoms with Crippen LogP contribution in [0, 0.1) is 0 Å². The Morgan fingerprint density at radius 2 is 2.10 bits per heavy atom. The van der Waals surface area contributed by atoms with Crippen LogP contribution in [0.25, 0.3) is 0 Å². The molecule has 2 N–H and O–H groups in total. The van der Waals surface area contributed by atoms with E-state index in [0.29, 0.717) is 5.69 Å². The Kier molecular flexibility index (Phi) is 4.84. The quantitative estimate of drug-likeness (QED) is 0.830. The zero-order chi connectivity index (χ0) is 14.4. The van der Waals surface area contributed by atoms with Crippen LogP contribution in [0.2, 0.25) is 0 Å². The highest BCUT2D eigenvalue weighted by Gasteiger charge is 2.17. The summed E-state index contributed by atoms with van der Waals surface area (Å²) < 4.78 is 0. The molecule has 0 radical (unpaired) electrons. The molecule has 1 atom stereocenters. The third kappa shape index (κ3) is 3.89. The van der Waals surface area contributed by atoms with Gasteiger partial charge in [0.1, 0.15) is 0 Å². The van der Waals surface area contributed by atoms with Gasteiger partial charge in [-0.2, -0.15) is 15.4 Å². The van der Waals surface area contributed by atoms with Gasteiger partial charge >= 0.3 is 0 Å². The van der Waals surface area contributed by atoms with Crippen molar-refractivity contribution in [3.8, 4) is 0 Å². The average Bonchev–Trinajstić information content (AvgIpc) is 2.98. The van der Waals surface area contributed by atoms with E-state index in [1.54, 1.807) is 0 Å². The van der Waals surface area contributed by atoms with Gasteiger partial charge in [-0.15, -0.1) is 0 Å². The Bertz CT molecular complexity index is 524. The number of aromatic nitrogens is 3. The van der Waals surface area contributed by atoms with Gasteiger partial charge < -0.3 is 10.2 Å². The molecule has 0 aliphatic heterocycles.